The third-order valence-electron chi connectivity index (χ3n) is 2.68. The number of carbonyl (C=O) groups excluding carboxylic acids is 1. The second kappa shape index (κ2) is 4.18. The Balaban J connectivity index is 2.53. The maximum atomic E-state index is 12.9. The summed E-state index contributed by atoms with van der Waals surface area (Å²) in [5.41, 5.74) is 7.02. The Bertz CT molecular complexity index is 482. The summed E-state index contributed by atoms with van der Waals surface area (Å²) in [6.45, 7) is 1.74. The summed E-state index contributed by atoms with van der Waals surface area (Å²) >= 11 is 0. The minimum Gasteiger partial charge on any atom is -0.366 e. The van der Waals surface area contributed by atoms with Crippen LogP contribution in [0, 0.1) is 5.82 Å². The molecule has 2 rings (SSSR count). The van der Waals surface area contributed by atoms with Gasteiger partial charge in [0.05, 0.1) is 11.3 Å². The maximum Gasteiger partial charge on any atom is 0.249 e. The number of benzene rings is 1. The van der Waals surface area contributed by atoms with E-state index in [1.165, 1.54) is 17.2 Å². The largest absolute Gasteiger partial charge is 0.366 e. The van der Waals surface area contributed by atoms with Crippen molar-refractivity contribution in [2.24, 2.45) is 5.73 Å². The third-order valence-corrected chi connectivity index (χ3v) is 2.68. The van der Waals surface area contributed by atoms with Gasteiger partial charge in [-0.15, -0.1) is 0 Å². The van der Waals surface area contributed by atoms with Crippen molar-refractivity contribution in [1.29, 1.82) is 0 Å². The highest BCUT2D eigenvalue weighted by molar-refractivity contribution is 6.01. The van der Waals surface area contributed by atoms with Crippen LogP contribution in [0.5, 0.6) is 0 Å². The summed E-state index contributed by atoms with van der Waals surface area (Å²) in [6, 6.07) is 5.84. The molecule has 0 aromatic heterocycles. The Kier molecular flexibility index (Phi) is 2.85. The van der Waals surface area contributed by atoms with Gasteiger partial charge >= 0.3 is 0 Å². The van der Waals surface area contributed by atoms with Crippen LogP contribution >= 0.6 is 0 Å². The molecule has 0 saturated heterocycles. The van der Waals surface area contributed by atoms with Crippen molar-refractivity contribution in [3.05, 3.63) is 41.2 Å². The van der Waals surface area contributed by atoms with E-state index in [2.05, 4.69) is 0 Å². The van der Waals surface area contributed by atoms with Gasteiger partial charge in [0.15, 0.2) is 0 Å². The lowest BCUT2D eigenvalue weighted by Gasteiger charge is -2.15. The van der Waals surface area contributed by atoms with Gasteiger partial charge in [0.2, 0.25) is 5.91 Å². The molecule has 0 saturated carbocycles. The van der Waals surface area contributed by atoms with E-state index in [0.29, 0.717) is 16.8 Å². The number of hydrogen-bond donors (Lipinski definition) is 1. The minimum atomic E-state index is -0.527. The molecular weight excluding hydrogens is 223 g/mol. The first kappa shape index (κ1) is 11.6. The van der Waals surface area contributed by atoms with Crippen LogP contribution in [0.25, 0.3) is 5.70 Å². The molecule has 0 spiro atoms. The van der Waals surface area contributed by atoms with E-state index < -0.39 is 12.0 Å². The highest BCUT2D eigenvalue weighted by Gasteiger charge is 2.31. The number of halogens is 1. The first-order chi connectivity index (χ1) is 8.00. The summed E-state index contributed by atoms with van der Waals surface area (Å²) in [5.74, 6) is -0.856. The van der Waals surface area contributed by atoms with Crippen LogP contribution in [0.4, 0.5) is 4.39 Å². The van der Waals surface area contributed by atoms with Gasteiger partial charge in [0.25, 0.3) is 0 Å². The average molecular weight is 236 g/mol. The van der Waals surface area contributed by atoms with E-state index in [0.717, 1.165) is 0 Å². The van der Waals surface area contributed by atoms with Crippen molar-refractivity contribution in [1.82, 2.24) is 5.06 Å². The lowest BCUT2D eigenvalue weighted by molar-refractivity contribution is -0.119. The lowest BCUT2D eigenvalue weighted by Crippen LogP contribution is -2.21. The number of hydroxylamine groups is 2. The lowest BCUT2D eigenvalue weighted by atomic mass is 10.0. The summed E-state index contributed by atoms with van der Waals surface area (Å²) < 4.78 is 12.9. The normalized spacial score (nSPS) is 19.9. The number of amides is 1. The number of hydrogen-bond acceptors (Lipinski definition) is 3. The van der Waals surface area contributed by atoms with Crippen molar-refractivity contribution in [3.8, 4) is 0 Å². The van der Waals surface area contributed by atoms with Crippen LogP contribution in [-0.2, 0) is 9.63 Å². The molecule has 1 aromatic rings. The Morgan fingerprint density at radius 3 is 2.53 bits per heavy atom. The van der Waals surface area contributed by atoms with Crippen molar-refractivity contribution >= 4 is 11.6 Å². The van der Waals surface area contributed by atoms with Crippen molar-refractivity contribution < 1.29 is 14.0 Å². The fourth-order valence-corrected chi connectivity index (χ4v) is 1.97. The molecule has 1 heterocycles. The van der Waals surface area contributed by atoms with Crippen LogP contribution in [0.2, 0.25) is 0 Å². The topological polar surface area (TPSA) is 55.6 Å². The molecule has 17 heavy (non-hydrogen) atoms. The SMILES string of the molecule is CC1ON(C)C(c2ccc(F)cc2)=C1C(N)=O. The predicted molar refractivity (Wildman–Crippen MR) is 60.8 cm³/mol. The quantitative estimate of drug-likeness (QED) is 0.841. The Labute approximate surface area is 98.4 Å². The van der Waals surface area contributed by atoms with E-state index in [1.54, 1.807) is 26.1 Å². The maximum absolute atomic E-state index is 12.9. The van der Waals surface area contributed by atoms with Crippen LogP contribution in [0.3, 0.4) is 0 Å². The third kappa shape index (κ3) is 2.01. The zero-order valence-corrected chi connectivity index (χ0v) is 9.61. The minimum absolute atomic E-state index is 0.329. The summed E-state index contributed by atoms with van der Waals surface area (Å²) in [5, 5.41) is 1.48. The molecule has 4 nitrogen and oxygen atoms in total. The van der Waals surface area contributed by atoms with Crippen LogP contribution in [-0.4, -0.2) is 24.1 Å². The van der Waals surface area contributed by atoms with Gasteiger partial charge in [-0.1, -0.05) is 0 Å². The second-order valence-corrected chi connectivity index (χ2v) is 3.88. The molecule has 1 amide bonds. The van der Waals surface area contributed by atoms with E-state index >= 15 is 0 Å². The molecule has 0 fully saturated rings. The first-order valence-corrected chi connectivity index (χ1v) is 5.21. The molecule has 5 heteroatoms. The standard InChI is InChI=1S/C12H13FN2O2/c1-7-10(12(14)16)11(15(2)17-7)8-3-5-9(13)6-4-8/h3-7H,1-2H3,(H2,14,16). The van der Waals surface area contributed by atoms with Gasteiger partial charge in [0.1, 0.15) is 11.9 Å². The van der Waals surface area contributed by atoms with Gasteiger partial charge in [-0.05, 0) is 31.2 Å². The van der Waals surface area contributed by atoms with E-state index in [1.807, 2.05) is 0 Å². The number of nitrogens with two attached hydrogens (primary N) is 1. The molecule has 1 aliphatic heterocycles. The van der Waals surface area contributed by atoms with Crippen molar-refractivity contribution in [2.45, 2.75) is 13.0 Å². The van der Waals surface area contributed by atoms with Gasteiger partial charge in [-0.3, -0.25) is 14.7 Å². The molecule has 90 valence electrons. The summed E-state index contributed by atoms with van der Waals surface area (Å²) in [7, 11) is 1.69. The van der Waals surface area contributed by atoms with Gasteiger partial charge < -0.3 is 5.73 Å². The molecule has 1 atom stereocenters. The number of rotatable bonds is 2. The van der Waals surface area contributed by atoms with Crippen LogP contribution < -0.4 is 5.73 Å². The summed E-state index contributed by atoms with van der Waals surface area (Å²) in [6.07, 6.45) is -0.391. The van der Waals surface area contributed by atoms with E-state index in [-0.39, 0.29) is 5.82 Å². The molecule has 1 aromatic carbocycles. The molecule has 2 N–H and O–H groups in total. The highest BCUT2D eigenvalue weighted by atomic mass is 19.1. The first-order valence-electron chi connectivity index (χ1n) is 5.21. The predicted octanol–water partition coefficient (Wildman–Crippen LogP) is 1.29. The highest BCUT2D eigenvalue weighted by Crippen LogP contribution is 2.32. The Morgan fingerprint density at radius 2 is 2.00 bits per heavy atom. The van der Waals surface area contributed by atoms with Crippen LogP contribution in [0.15, 0.2) is 29.8 Å². The zero-order chi connectivity index (χ0) is 12.6. The molecule has 0 aliphatic carbocycles. The molecular formula is C12H13FN2O2. The van der Waals surface area contributed by atoms with Gasteiger partial charge in [-0.25, -0.2) is 4.39 Å². The fraction of sp³-hybridized carbons (Fsp3) is 0.250. The Morgan fingerprint density at radius 1 is 1.41 bits per heavy atom. The van der Waals surface area contributed by atoms with Crippen LogP contribution in [0.1, 0.15) is 12.5 Å². The molecule has 1 unspecified atom stereocenters. The second-order valence-electron chi connectivity index (χ2n) is 3.88. The smallest absolute Gasteiger partial charge is 0.249 e. The van der Waals surface area contributed by atoms with Gasteiger partial charge in [0, 0.05) is 12.6 Å². The van der Waals surface area contributed by atoms with Crippen molar-refractivity contribution in [2.75, 3.05) is 7.05 Å². The molecule has 0 bridgehead atoms. The van der Waals surface area contributed by atoms with E-state index in [4.69, 9.17) is 10.6 Å². The van der Waals surface area contributed by atoms with E-state index in [9.17, 15) is 9.18 Å². The number of primary amides is 1. The fourth-order valence-electron chi connectivity index (χ4n) is 1.97. The van der Waals surface area contributed by atoms with Gasteiger partial charge in [-0.2, -0.15) is 0 Å². The Hall–Kier alpha value is -1.88. The van der Waals surface area contributed by atoms with Crippen molar-refractivity contribution in [3.63, 3.8) is 0 Å². The number of nitrogens with zero attached hydrogens (tertiary/aromatic N) is 1. The zero-order valence-electron chi connectivity index (χ0n) is 9.61. The summed E-state index contributed by atoms with van der Waals surface area (Å²) in [4.78, 5) is 16.8. The molecule has 0 radical (unpaired) electrons. The monoisotopic (exact) mass is 236 g/mol. The molecule has 1 aliphatic rings. The average Bonchev–Trinajstić information content (AvgIpc) is 2.55. The number of carbonyl (C=O) groups is 1.